The molecule has 0 bridgehead atoms. The Labute approximate surface area is 115 Å². The molecule has 2 aromatic heterocycles. The largest absolute Gasteiger partial charge is 0.383 e. The number of benzene rings is 1. The maximum Gasteiger partial charge on any atom is 0.186 e. The van der Waals surface area contributed by atoms with Gasteiger partial charge in [0, 0.05) is 0 Å². The van der Waals surface area contributed by atoms with Crippen LogP contribution in [0.15, 0.2) is 18.2 Å². The molecule has 0 unspecified atom stereocenters. The standard InChI is InChI=1S/C14H16FN5/c1-3-4-10-12-13(16)17-18-14(12)20(19-10)11-6-5-9(15)7-8(11)2/h5-7H,3-4H2,1-2H3,(H3,16,17,18). The molecule has 3 aromatic rings. The zero-order valence-electron chi connectivity index (χ0n) is 11.4. The van der Waals surface area contributed by atoms with Crippen LogP contribution < -0.4 is 5.73 Å². The Morgan fingerprint density at radius 3 is 2.90 bits per heavy atom. The van der Waals surface area contributed by atoms with Gasteiger partial charge >= 0.3 is 0 Å². The molecule has 3 N–H and O–H groups in total. The second-order valence-corrected chi connectivity index (χ2v) is 4.88. The van der Waals surface area contributed by atoms with Crippen LogP contribution in [0.3, 0.4) is 0 Å². The van der Waals surface area contributed by atoms with Crippen LogP contribution >= 0.6 is 0 Å². The van der Waals surface area contributed by atoms with Crippen molar-refractivity contribution >= 4 is 16.9 Å². The number of hydrogen-bond acceptors (Lipinski definition) is 3. The van der Waals surface area contributed by atoms with Crippen molar-refractivity contribution in [2.75, 3.05) is 5.73 Å². The van der Waals surface area contributed by atoms with Crippen molar-refractivity contribution in [2.24, 2.45) is 0 Å². The summed E-state index contributed by atoms with van der Waals surface area (Å²) in [6.45, 7) is 3.94. The molecule has 5 nitrogen and oxygen atoms in total. The molecule has 2 heterocycles. The predicted molar refractivity (Wildman–Crippen MR) is 76.3 cm³/mol. The van der Waals surface area contributed by atoms with Gasteiger partial charge in [-0.15, -0.1) is 0 Å². The summed E-state index contributed by atoms with van der Waals surface area (Å²) in [7, 11) is 0. The van der Waals surface area contributed by atoms with Gasteiger partial charge in [0.1, 0.15) is 11.6 Å². The molecule has 0 spiro atoms. The first-order valence-electron chi connectivity index (χ1n) is 6.59. The number of H-pyrrole nitrogens is 1. The monoisotopic (exact) mass is 273 g/mol. The highest BCUT2D eigenvalue weighted by molar-refractivity contribution is 5.90. The number of nitrogens with zero attached hydrogens (tertiary/aromatic N) is 3. The number of anilines is 1. The molecule has 0 fully saturated rings. The van der Waals surface area contributed by atoms with Gasteiger partial charge < -0.3 is 5.73 Å². The molecule has 0 saturated carbocycles. The van der Waals surface area contributed by atoms with Crippen LogP contribution in [-0.4, -0.2) is 20.0 Å². The third-order valence-electron chi connectivity index (χ3n) is 3.36. The van der Waals surface area contributed by atoms with Gasteiger partial charge in [0.2, 0.25) is 0 Å². The number of hydrogen-bond donors (Lipinski definition) is 2. The highest BCUT2D eigenvalue weighted by Crippen LogP contribution is 2.27. The van der Waals surface area contributed by atoms with Gasteiger partial charge in [-0.05, 0) is 37.1 Å². The van der Waals surface area contributed by atoms with Crippen molar-refractivity contribution < 1.29 is 4.39 Å². The van der Waals surface area contributed by atoms with E-state index < -0.39 is 0 Å². The Balaban J connectivity index is 2.25. The number of aryl methyl sites for hydroxylation is 2. The molecule has 0 atom stereocenters. The van der Waals surface area contributed by atoms with Crippen LogP contribution in [0.5, 0.6) is 0 Å². The lowest BCUT2D eigenvalue weighted by Crippen LogP contribution is -2.01. The van der Waals surface area contributed by atoms with E-state index in [0.29, 0.717) is 11.5 Å². The number of rotatable bonds is 3. The Hall–Kier alpha value is -2.37. The fraction of sp³-hybridized carbons (Fsp3) is 0.286. The van der Waals surface area contributed by atoms with Crippen LogP contribution in [0.1, 0.15) is 24.6 Å². The minimum atomic E-state index is -0.259. The molecule has 1 aromatic carbocycles. The molecule has 104 valence electrons. The number of nitrogens with two attached hydrogens (primary N) is 1. The SMILES string of the molecule is CCCc1nn(-c2ccc(F)cc2C)c2n[nH]c(N)c12. The lowest BCUT2D eigenvalue weighted by molar-refractivity contribution is 0.625. The van der Waals surface area contributed by atoms with E-state index in [0.717, 1.165) is 35.2 Å². The van der Waals surface area contributed by atoms with Crippen LogP contribution in [0.25, 0.3) is 16.7 Å². The van der Waals surface area contributed by atoms with Crippen LogP contribution in [-0.2, 0) is 6.42 Å². The molecule has 0 aliphatic carbocycles. The number of nitrogen functional groups attached to an aromatic ring is 1. The van der Waals surface area contributed by atoms with Crippen LogP contribution in [0.2, 0.25) is 0 Å². The van der Waals surface area contributed by atoms with Crippen molar-refractivity contribution in [3.05, 3.63) is 35.3 Å². The van der Waals surface area contributed by atoms with E-state index >= 15 is 0 Å². The van der Waals surface area contributed by atoms with Crippen molar-refractivity contribution in [3.8, 4) is 5.69 Å². The number of aromatic amines is 1. The van der Waals surface area contributed by atoms with Crippen molar-refractivity contribution in [3.63, 3.8) is 0 Å². The zero-order valence-corrected chi connectivity index (χ0v) is 11.4. The summed E-state index contributed by atoms with van der Waals surface area (Å²) in [5.41, 5.74) is 9.14. The van der Waals surface area contributed by atoms with Crippen LogP contribution in [0.4, 0.5) is 10.2 Å². The van der Waals surface area contributed by atoms with Gasteiger partial charge in [-0.25, -0.2) is 9.07 Å². The summed E-state index contributed by atoms with van der Waals surface area (Å²) in [5.74, 6) is 0.263. The van der Waals surface area contributed by atoms with Crippen molar-refractivity contribution in [2.45, 2.75) is 26.7 Å². The Bertz CT molecular complexity index is 771. The maximum absolute atomic E-state index is 13.2. The fourth-order valence-corrected chi connectivity index (χ4v) is 2.44. The quantitative estimate of drug-likeness (QED) is 0.770. The molecule has 3 rings (SSSR count). The molecule has 0 radical (unpaired) electrons. The summed E-state index contributed by atoms with van der Waals surface area (Å²) in [6, 6.07) is 4.61. The van der Waals surface area contributed by atoms with E-state index in [1.807, 2.05) is 6.92 Å². The number of nitrogens with one attached hydrogen (secondary N) is 1. The summed E-state index contributed by atoms with van der Waals surface area (Å²) in [5, 5.41) is 12.5. The summed E-state index contributed by atoms with van der Waals surface area (Å²) in [6.07, 6.45) is 1.80. The molecular weight excluding hydrogens is 257 g/mol. The molecule has 0 amide bonds. The highest BCUT2D eigenvalue weighted by atomic mass is 19.1. The van der Waals surface area contributed by atoms with Crippen LogP contribution in [0, 0.1) is 12.7 Å². The third-order valence-corrected chi connectivity index (χ3v) is 3.36. The Morgan fingerprint density at radius 1 is 1.40 bits per heavy atom. The van der Waals surface area contributed by atoms with E-state index in [-0.39, 0.29) is 5.82 Å². The van der Waals surface area contributed by atoms with Gasteiger partial charge in [-0.2, -0.15) is 10.2 Å². The van der Waals surface area contributed by atoms with Gasteiger partial charge in [0.05, 0.1) is 16.8 Å². The van der Waals surface area contributed by atoms with E-state index in [1.165, 1.54) is 12.1 Å². The molecule has 6 heteroatoms. The Kier molecular flexibility index (Phi) is 2.93. The van der Waals surface area contributed by atoms with Crippen molar-refractivity contribution in [1.29, 1.82) is 0 Å². The predicted octanol–water partition coefficient (Wildman–Crippen LogP) is 2.73. The third kappa shape index (κ3) is 1.84. The van der Waals surface area contributed by atoms with Crippen molar-refractivity contribution in [1.82, 2.24) is 20.0 Å². The molecular formula is C14H16FN5. The molecule has 0 saturated heterocycles. The van der Waals surface area contributed by atoms with Gasteiger partial charge in [-0.3, -0.25) is 5.10 Å². The van der Waals surface area contributed by atoms with E-state index in [2.05, 4.69) is 22.2 Å². The van der Waals surface area contributed by atoms with E-state index in [4.69, 9.17) is 5.73 Å². The lowest BCUT2D eigenvalue weighted by Gasteiger charge is -2.05. The fourth-order valence-electron chi connectivity index (χ4n) is 2.44. The van der Waals surface area contributed by atoms with Gasteiger partial charge in [0.15, 0.2) is 5.65 Å². The molecule has 0 aliphatic rings. The van der Waals surface area contributed by atoms with Gasteiger partial charge in [-0.1, -0.05) is 13.3 Å². The summed E-state index contributed by atoms with van der Waals surface area (Å²) < 4.78 is 15.0. The minimum absolute atomic E-state index is 0.259. The second kappa shape index (κ2) is 4.63. The van der Waals surface area contributed by atoms with Gasteiger partial charge in [0.25, 0.3) is 0 Å². The number of fused-ring (bicyclic) bond motifs is 1. The highest BCUT2D eigenvalue weighted by Gasteiger charge is 2.18. The smallest absolute Gasteiger partial charge is 0.186 e. The zero-order chi connectivity index (χ0) is 14.3. The first kappa shape index (κ1) is 12.7. The minimum Gasteiger partial charge on any atom is -0.383 e. The average molecular weight is 273 g/mol. The average Bonchev–Trinajstić information content (AvgIpc) is 2.93. The summed E-state index contributed by atoms with van der Waals surface area (Å²) >= 11 is 0. The molecule has 20 heavy (non-hydrogen) atoms. The first-order valence-corrected chi connectivity index (χ1v) is 6.59. The first-order chi connectivity index (χ1) is 9.61. The lowest BCUT2D eigenvalue weighted by atomic mass is 10.2. The van der Waals surface area contributed by atoms with E-state index in [1.54, 1.807) is 10.7 Å². The van der Waals surface area contributed by atoms with E-state index in [9.17, 15) is 4.39 Å². The number of halogens is 1. The second-order valence-electron chi connectivity index (χ2n) is 4.88. The normalized spacial score (nSPS) is 11.3. The number of aromatic nitrogens is 4. The molecule has 0 aliphatic heterocycles. The maximum atomic E-state index is 13.2. The topological polar surface area (TPSA) is 72.5 Å². The summed E-state index contributed by atoms with van der Waals surface area (Å²) in [4.78, 5) is 0. The Morgan fingerprint density at radius 2 is 2.20 bits per heavy atom.